The number of carbonyl (C=O) groups is 2. The molecule has 4 aliphatic carbocycles. The Morgan fingerprint density at radius 2 is 1.78 bits per heavy atom. The van der Waals surface area contributed by atoms with Gasteiger partial charge >= 0.3 is 0 Å². The van der Waals surface area contributed by atoms with Crippen LogP contribution in [-0.2, 0) is 9.59 Å². The fraction of sp³-hybridized carbons (Fsp3) is 0.810. The van der Waals surface area contributed by atoms with Crippen LogP contribution >= 0.6 is 0 Å². The summed E-state index contributed by atoms with van der Waals surface area (Å²) in [7, 11) is 0. The van der Waals surface area contributed by atoms with Crippen LogP contribution < -0.4 is 0 Å². The monoisotopic (exact) mass is 314 g/mol. The van der Waals surface area contributed by atoms with E-state index in [1.807, 2.05) is 0 Å². The third-order valence-corrected chi connectivity index (χ3v) is 8.62. The molecule has 23 heavy (non-hydrogen) atoms. The number of aldehydes is 1. The summed E-state index contributed by atoms with van der Waals surface area (Å²) in [4.78, 5) is 23.2. The highest BCUT2D eigenvalue weighted by Gasteiger charge is 2.60. The number of allylic oxidation sites excluding steroid dienone is 2. The van der Waals surface area contributed by atoms with Gasteiger partial charge in [-0.3, -0.25) is 9.59 Å². The Morgan fingerprint density at radius 3 is 2.57 bits per heavy atom. The van der Waals surface area contributed by atoms with Gasteiger partial charge in [-0.05, 0) is 85.9 Å². The molecule has 0 aromatic carbocycles. The maximum atomic E-state index is 12.1. The van der Waals surface area contributed by atoms with Crippen molar-refractivity contribution in [2.75, 3.05) is 0 Å². The first-order chi connectivity index (χ1) is 11.0. The molecule has 0 radical (unpaired) electrons. The first-order valence-corrected chi connectivity index (χ1v) is 9.66. The summed E-state index contributed by atoms with van der Waals surface area (Å²) in [6.07, 6.45) is 15.3. The number of rotatable bonds is 2. The Kier molecular flexibility index (Phi) is 3.59. The Labute approximate surface area is 140 Å². The van der Waals surface area contributed by atoms with Gasteiger partial charge in [0.15, 0.2) is 12.1 Å². The second kappa shape index (κ2) is 5.29. The van der Waals surface area contributed by atoms with Crippen LogP contribution in [0.2, 0.25) is 0 Å². The molecule has 2 nitrogen and oxygen atoms in total. The zero-order valence-corrected chi connectivity index (χ0v) is 14.6. The van der Waals surface area contributed by atoms with Crippen molar-refractivity contribution in [2.45, 2.75) is 65.2 Å². The average molecular weight is 314 g/mol. The van der Waals surface area contributed by atoms with Gasteiger partial charge in [-0.2, -0.15) is 0 Å². The van der Waals surface area contributed by atoms with Gasteiger partial charge in [0.05, 0.1) is 0 Å². The van der Waals surface area contributed by atoms with E-state index >= 15 is 0 Å². The zero-order chi connectivity index (χ0) is 16.2. The molecule has 2 unspecified atom stereocenters. The molecule has 0 aromatic rings. The SMILES string of the molecule is C[C@]12CCC=CC1CC[C@@H]1[C@@H]2CC[C@]2(C)C(C(=O)C=O)CC[C@@H]12. The maximum absolute atomic E-state index is 12.1. The zero-order valence-electron chi connectivity index (χ0n) is 14.6. The summed E-state index contributed by atoms with van der Waals surface area (Å²) < 4.78 is 0. The molecule has 0 saturated heterocycles. The van der Waals surface area contributed by atoms with Crippen LogP contribution in [0.5, 0.6) is 0 Å². The lowest BCUT2D eigenvalue weighted by molar-refractivity contribution is -0.139. The van der Waals surface area contributed by atoms with Crippen LogP contribution in [0.3, 0.4) is 0 Å². The molecule has 126 valence electrons. The molecule has 0 aliphatic heterocycles. The maximum Gasteiger partial charge on any atom is 0.198 e. The van der Waals surface area contributed by atoms with Crippen molar-refractivity contribution >= 4 is 12.1 Å². The van der Waals surface area contributed by atoms with Crippen LogP contribution in [0.1, 0.15) is 65.2 Å². The van der Waals surface area contributed by atoms with Crippen molar-refractivity contribution in [1.29, 1.82) is 0 Å². The molecular formula is C21H30O2. The highest BCUT2D eigenvalue weighted by Crippen LogP contribution is 2.66. The summed E-state index contributed by atoms with van der Waals surface area (Å²) in [6.45, 7) is 4.87. The molecule has 4 rings (SSSR count). The lowest BCUT2D eigenvalue weighted by Crippen LogP contribution is -2.52. The van der Waals surface area contributed by atoms with E-state index in [2.05, 4.69) is 26.0 Å². The second-order valence-electron chi connectivity index (χ2n) is 9.23. The largest absolute Gasteiger partial charge is 0.295 e. The average Bonchev–Trinajstić information content (AvgIpc) is 2.91. The molecule has 0 heterocycles. The van der Waals surface area contributed by atoms with Gasteiger partial charge in [0.2, 0.25) is 0 Å². The Balaban J connectivity index is 1.64. The highest BCUT2D eigenvalue weighted by molar-refractivity contribution is 6.26. The number of Topliss-reactive ketones (excluding diaryl/α,β-unsaturated/α-hetero) is 1. The summed E-state index contributed by atoms with van der Waals surface area (Å²) in [6, 6.07) is 0. The van der Waals surface area contributed by atoms with Crippen LogP contribution in [0.4, 0.5) is 0 Å². The minimum atomic E-state index is -0.131. The molecule has 0 spiro atoms. The molecule has 0 aromatic heterocycles. The van der Waals surface area contributed by atoms with E-state index in [1.165, 1.54) is 38.5 Å². The fourth-order valence-corrected chi connectivity index (χ4v) is 7.38. The van der Waals surface area contributed by atoms with Gasteiger partial charge in [-0.15, -0.1) is 0 Å². The van der Waals surface area contributed by atoms with E-state index in [0.717, 1.165) is 30.6 Å². The highest BCUT2D eigenvalue weighted by atomic mass is 16.2. The molecule has 4 aliphatic rings. The molecule has 0 bridgehead atoms. The molecule has 0 N–H and O–H groups in total. The summed E-state index contributed by atoms with van der Waals surface area (Å²) >= 11 is 0. The number of ketones is 1. The normalized spacial score (nSPS) is 51.5. The van der Waals surface area contributed by atoms with E-state index in [0.29, 0.717) is 17.6 Å². The lowest BCUT2D eigenvalue weighted by Gasteiger charge is -2.59. The Hall–Kier alpha value is -0.920. The summed E-state index contributed by atoms with van der Waals surface area (Å²) in [5.74, 6) is 2.92. The fourth-order valence-electron chi connectivity index (χ4n) is 7.38. The van der Waals surface area contributed by atoms with Crippen molar-refractivity contribution < 1.29 is 9.59 Å². The van der Waals surface area contributed by atoms with Crippen LogP contribution in [-0.4, -0.2) is 12.1 Å². The van der Waals surface area contributed by atoms with E-state index in [1.54, 1.807) is 0 Å². The van der Waals surface area contributed by atoms with Gasteiger partial charge in [0.25, 0.3) is 0 Å². The van der Waals surface area contributed by atoms with E-state index in [4.69, 9.17) is 0 Å². The second-order valence-corrected chi connectivity index (χ2v) is 9.23. The van der Waals surface area contributed by atoms with E-state index < -0.39 is 0 Å². The van der Waals surface area contributed by atoms with Crippen LogP contribution in [0.25, 0.3) is 0 Å². The van der Waals surface area contributed by atoms with Crippen molar-refractivity contribution in [3.63, 3.8) is 0 Å². The predicted octanol–water partition coefficient (Wildman–Crippen LogP) is 4.58. The van der Waals surface area contributed by atoms with Crippen molar-refractivity contribution in [2.24, 2.45) is 40.4 Å². The van der Waals surface area contributed by atoms with Crippen LogP contribution in [0, 0.1) is 40.4 Å². The standard InChI is InChI=1S/C21H30O2/c1-20-11-4-3-5-14(20)6-7-15-16-8-9-18(19(23)13-22)21(16,2)12-10-17(15)20/h3,5,13-18H,4,6-12H2,1-2H3/t14?,15-,16-,17-,18?,20-,21-/m0/s1. The minimum Gasteiger partial charge on any atom is -0.295 e. The third kappa shape index (κ3) is 2.06. The molecular weight excluding hydrogens is 284 g/mol. The quantitative estimate of drug-likeness (QED) is 0.425. The number of hydrogen-bond donors (Lipinski definition) is 0. The first-order valence-electron chi connectivity index (χ1n) is 9.66. The number of fused-ring (bicyclic) bond motifs is 5. The van der Waals surface area contributed by atoms with Gasteiger partial charge in [-0.25, -0.2) is 0 Å². The minimum absolute atomic E-state index is 0.00253. The first kappa shape index (κ1) is 15.6. The third-order valence-electron chi connectivity index (χ3n) is 8.62. The molecule has 2 heteroatoms. The van der Waals surface area contributed by atoms with Gasteiger partial charge < -0.3 is 0 Å². The smallest absolute Gasteiger partial charge is 0.198 e. The van der Waals surface area contributed by atoms with Gasteiger partial charge in [-0.1, -0.05) is 26.0 Å². The Bertz CT molecular complexity index is 550. The van der Waals surface area contributed by atoms with Crippen molar-refractivity contribution in [3.05, 3.63) is 12.2 Å². The molecule has 3 saturated carbocycles. The van der Waals surface area contributed by atoms with Crippen LogP contribution in [0.15, 0.2) is 12.2 Å². The van der Waals surface area contributed by atoms with Gasteiger partial charge in [0.1, 0.15) is 0 Å². The predicted molar refractivity (Wildman–Crippen MR) is 90.8 cm³/mol. The number of hydrogen-bond acceptors (Lipinski definition) is 2. The van der Waals surface area contributed by atoms with E-state index in [9.17, 15) is 9.59 Å². The van der Waals surface area contributed by atoms with E-state index in [-0.39, 0.29) is 17.1 Å². The Morgan fingerprint density at radius 1 is 1.00 bits per heavy atom. The summed E-state index contributed by atoms with van der Waals surface area (Å²) in [5.41, 5.74) is 0.568. The lowest BCUT2D eigenvalue weighted by atomic mass is 9.45. The number of carbonyl (C=O) groups excluding carboxylic acids is 2. The van der Waals surface area contributed by atoms with Gasteiger partial charge in [0, 0.05) is 5.92 Å². The molecule has 7 atom stereocenters. The van der Waals surface area contributed by atoms with Crippen molar-refractivity contribution in [3.8, 4) is 0 Å². The van der Waals surface area contributed by atoms with Crippen molar-refractivity contribution in [1.82, 2.24) is 0 Å². The molecule has 0 amide bonds. The topological polar surface area (TPSA) is 34.1 Å². The summed E-state index contributed by atoms with van der Waals surface area (Å²) in [5, 5.41) is 0. The molecule has 3 fully saturated rings.